The molecule has 1 aliphatic carbocycles. The number of nitrogens with one attached hydrogen (secondary N) is 1. The minimum atomic E-state index is -0.430. The van der Waals surface area contributed by atoms with E-state index in [2.05, 4.69) is 5.32 Å². The van der Waals surface area contributed by atoms with Gasteiger partial charge in [-0.3, -0.25) is 10.1 Å². The molecule has 1 saturated carbocycles. The summed E-state index contributed by atoms with van der Waals surface area (Å²) >= 11 is 0. The van der Waals surface area contributed by atoms with E-state index in [0.29, 0.717) is 5.75 Å². The van der Waals surface area contributed by atoms with Gasteiger partial charge in [-0.05, 0) is 31.5 Å². The van der Waals surface area contributed by atoms with E-state index in [9.17, 15) is 10.1 Å². The fourth-order valence-electron chi connectivity index (χ4n) is 2.44. The van der Waals surface area contributed by atoms with Gasteiger partial charge < -0.3 is 14.8 Å². The number of nitrogens with zero attached hydrogens (tertiary/aromatic N) is 1. The van der Waals surface area contributed by atoms with E-state index in [1.54, 1.807) is 6.07 Å². The predicted molar refractivity (Wildman–Crippen MR) is 71.0 cm³/mol. The van der Waals surface area contributed by atoms with Crippen molar-refractivity contribution >= 4 is 5.69 Å². The highest BCUT2D eigenvalue weighted by atomic mass is 16.6. The Hall–Kier alpha value is -1.82. The topological polar surface area (TPSA) is 73.6 Å². The Morgan fingerprint density at radius 1 is 1.37 bits per heavy atom. The monoisotopic (exact) mass is 266 g/mol. The van der Waals surface area contributed by atoms with Gasteiger partial charge in [0.2, 0.25) is 5.75 Å². The third-order valence-corrected chi connectivity index (χ3v) is 3.64. The lowest BCUT2D eigenvalue weighted by Crippen LogP contribution is -2.23. The van der Waals surface area contributed by atoms with E-state index in [0.717, 1.165) is 24.9 Å². The maximum Gasteiger partial charge on any atom is 0.315 e. The summed E-state index contributed by atoms with van der Waals surface area (Å²) in [5, 5.41) is 14.3. The van der Waals surface area contributed by atoms with E-state index in [1.807, 2.05) is 13.1 Å². The zero-order valence-corrected chi connectivity index (χ0v) is 11.4. The van der Waals surface area contributed by atoms with Crippen LogP contribution in [0.5, 0.6) is 11.5 Å². The standard InChI is InChI=1S/C13H18N2O4/c1-14-8-13(4-5-13)9-6-10(15(16)17)12(19-3)11(7-9)18-2/h6-7,14H,4-5,8H2,1-3H3. The van der Waals surface area contributed by atoms with E-state index in [1.165, 1.54) is 14.2 Å². The Morgan fingerprint density at radius 3 is 2.47 bits per heavy atom. The van der Waals surface area contributed by atoms with Gasteiger partial charge in [0, 0.05) is 18.0 Å². The first kappa shape index (κ1) is 13.6. The lowest BCUT2D eigenvalue weighted by Gasteiger charge is -2.17. The summed E-state index contributed by atoms with van der Waals surface area (Å²) in [7, 11) is 4.78. The maximum absolute atomic E-state index is 11.2. The molecular weight excluding hydrogens is 248 g/mol. The smallest absolute Gasteiger partial charge is 0.315 e. The molecular formula is C13H18N2O4. The molecule has 1 aliphatic rings. The zero-order valence-electron chi connectivity index (χ0n) is 11.4. The lowest BCUT2D eigenvalue weighted by molar-refractivity contribution is -0.385. The summed E-state index contributed by atoms with van der Waals surface area (Å²) in [6.07, 6.45) is 2.06. The molecule has 6 heteroatoms. The molecule has 0 aliphatic heterocycles. The Kier molecular flexibility index (Phi) is 3.61. The number of hydrogen-bond acceptors (Lipinski definition) is 5. The summed E-state index contributed by atoms with van der Waals surface area (Å²) in [6.45, 7) is 0.805. The first-order valence-electron chi connectivity index (χ1n) is 6.13. The van der Waals surface area contributed by atoms with Gasteiger partial charge in [0.15, 0.2) is 5.75 Å². The van der Waals surface area contributed by atoms with Crippen molar-refractivity contribution in [2.45, 2.75) is 18.3 Å². The highest BCUT2D eigenvalue weighted by molar-refractivity contribution is 5.60. The summed E-state index contributed by atoms with van der Waals surface area (Å²) in [6, 6.07) is 3.45. The van der Waals surface area contributed by atoms with Crippen molar-refractivity contribution in [3.8, 4) is 11.5 Å². The average Bonchev–Trinajstić information content (AvgIpc) is 3.18. The molecule has 1 aromatic rings. The molecule has 0 radical (unpaired) electrons. The van der Waals surface area contributed by atoms with Crippen LogP contribution in [-0.4, -0.2) is 32.7 Å². The molecule has 1 N–H and O–H groups in total. The normalized spacial score (nSPS) is 15.9. The fourth-order valence-corrected chi connectivity index (χ4v) is 2.44. The third-order valence-electron chi connectivity index (χ3n) is 3.64. The Balaban J connectivity index is 2.52. The van der Waals surface area contributed by atoms with Crippen LogP contribution in [0.3, 0.4) is 0 Å². The SMILES string of the molecule is CNCC1(c2cc(OC)c(OC)c([N+](=O)[O-])c2)CC1. The molecule has 104 valence electrons. The molecule has 2 rings (SSSR count). The van der Waals surface area contributed by atoms with Gasteiger partial charge in [-0.1, -0.05) is 0 Å². The molecule has 19 heavy (non-hydrogen) atoms. The minimum absolute atomic E-state index is 0.000931. The fraction of sp³-hybridized carbons (Fsp3) is 0.538. The van der Waals surface area contributed by atoms with E-state index >= 15 is 0 Å². The van der Waals surface area contributed by atoms with Crippen molar-refractivity contribution in [2.24, 2.45) is 0 Å². The van der Waals surface area contributed by atoms with Crippen molar-refractivity contribution in [1.82, 2.24) is 5.32 Å². The van der Waals surface area contributed by atoms with Crippen LogP contribution in [0.15, 0.2) is 12.1 Å². The minimum Gasteiger partial charge on any atom is -0.493 e. The molecule has 0 heterocycles. The second-order valence-corrected chi connectivity index (χ2v) is 4.80. The maximum atomic E-state index is 11.2. The molecule has 6 nitrogen and oxygen atoms in total. The second-order valence-electron chi connectivity index (χ2n) is 4.80. The quantitative estimate of drug-likeness (QED) is 0.628. The van der Waals surface area contributed by atoms with Crippen LogP contribution in [0.4, 0.5) is 5.69 Å². The van der Waals surface area contributed by atoms with E-state index in [-0.39, 0.29) is 16.9 Å². The van der Waals surface area contributed by atoms with Crippen molar-refractivity contribution in [1.29, 1.82) is 0 Å². The molecule has 1 fully saturated rings. The van der Waals surface area contributed by atoms with Crippen molar-refractivity contribution < 1.29 is 14.4 Å². The molecule has 1 aromatic carbocycles. The van der Waals surface area contributed by atoms with Gasteiger partial charge in [0.1, 0.15) is 0 Å². The number of benzene rings is 1. The largest absolute Gasteiger partial charge is 0.493 e. The predicted octanol–water partition coefficient (Wildman–Crippen LogP) is 1.86. The number of ether oxygens (including phenoxy) is 2. The number of rotatable bonds is 6. The van der Waals surface area contributed by atoms with Gasteiger partial charge in [-0.2, -0.15) is 0 Å². The van der Waals surface area contributed by atoms with Crippen LogP contribution >= 0.6 is 0 Å². The Morgan fingerprint density at radius 2 is 2.05 bits per heavy atom. The van der Waals surface area contributed by atoms with Crippen LogP contribution in [0.1, 0.15) is 18.4 Å². The molecule has 0 saturated heterocycles. The number of methoxy groups -OCH3 is 2. The molecule has 0 amide bonds. The lowest BCUT2D eigenvalue weighted by atomic mass is 9.94. The number of likely N-dealkylation sites (N-methyl/N-ethyl adjacent to an activating group) is 1. The van der Waals surface area contributed by atoms with Crippen molar-refractivity contribution in [3.05, 3.63) is 27.8 Å². The molecule has 0 spiro atoms. The highest BCUT2D eigenvalue weighted by Gasteiger charge is 2.45. The van der Waals surface area contributed by atoms with Crippen LogP contribution in [-0.2, 0) is 5.41 Å². The average molecular weight is 266 g/mol. The molecule has 0 aromatic heterocycles. The number of nitro groups is 1. The third kappa shape index (κ3) is 2.35. The van der Waals surface area contributed by atoms with E-state index in [4.69, 9.17) is 9.47 Å². The van der Waals surface area contributed by atoms with Gasteiger partial charge in [-0.15, -0.1) is 0 Å². The summed E-state index contributed by atoms with van der Waals surface area (Å²) in [5.41, 5.74) is 0.893. The Labute approximate surface area is 111 Å². The van der Waals surface area contributed by atoms with Crippen molar-refractivity contribution in [3.63, 3.8) is 0 Å². The van der Waals surface area contributed by atoms with Crippen LogP contribution in [0.25, 0.3) is 0 Å². The number of hydrogen-bond donors (Lipinski definition) is 1. The summed E-state index contributed by atoms with van der Waals surface area (Å²) in [4.78, 5) is 10.7. The first-order valence-corrected chi connectivity index (χ1v) is 6.13. The second kappa shape index (κ2) is 5.05. The highest BCUT2D eigenvalue weighted by Crippen LogP contribution is 2.51. The number of nitro benzene ring substituents is 1. The molecule has 0 bridgehead atoms. The van der Waals surface area contributed by atoms with Crippen molar-refractivity contribution in [2.75, 3.05) is 27.8 Å². The van der Waals surface area contributed by atoms with Gasteiger partial charge in [0.05, 0.1) is 19.1 Å². The first-order chi connectivity index (χ1) is 9.07. The van der Waals surface area contributed by atoms with Crippen LogP contribution in [0, 0.1) is 10.1 Å². The van der Waals surface area contributed by atoms with Gasteiger partial charge in [-0.25, -0.2) is 0 Å². The van der Waals surface area contributed by atoms with Gasteiger partial charge in [0.25, 0.3) is 0 Å². The molecule has 0 atom stereocenters. The molecule has 0 unspecified atom stereocenters. The van der Waals surface area contributed by atoms with Gasteiger partial charge >= 0.3 is 5.69 Å². The summed E-state index contributed by atoms with van der Waals surface area (Å²) < 4.78 is 10.3. The Bertz CT molecular complexity index is 498. The van der Waals surface area contributed by atoms with Crippen LogP contribution in [0.2, 0.25) is 0 Å². The summed E-state index contributed by atoms with van der Waals surface area (Å²) in [5.74, 6) is 0.589. The van der Waals surface area contributed by atoms with E-state index < -0.39 is 4.92 Å². The zero-order chi connectivity index (χ0) is 14.0. The van der Waals surface area contributed by atoms with Crippen LogP contribution < -0.4 is 14.8 Å².